The van der Waals surface area contributed by atoms with Crippen LogP contribution in [-0.4, -0.2) is 31.5 Å². The van der Waals surface area contributed by atoms with Crippen LogP contribution in [0.5, 0.6) is 0 Å². The number of hydrogen-bond acceptors (Lipinski definition) is 2. The number of carbonyl (C=O) groups excluding carboxylic acids is 1. The van der Waals surface area contributed by atoms with Gasteiger partial charge in [0.2, 0.25) is 5.91 Å². The van der Waals surface area contributed by atoms with E-state index in [1.807, 2.05) is 50.2 Å². The molecule has 2 rings (SSSR count). The van der Waals surface area contributed by atoms with E-state index in [1.54, 1.807) is 13.0 Å². The zero-order valence-corrected chi connectivity index (χ0v) is 16.8. The zero-order chi connectivity index (χ0) is 20.4. The zero-order valence-electron chi connectivity index (χ0n) is 16.8. The van der Waals surface area contributed by atoms with Crippen LogP contribution in [0.2, 0.25) is 0 Å². The summed E-state index contributed by atoms with van der Waals surface area (Å²) >= 11 is 0. The molecule has 0 spiro atoms. The molecule has 28 heavy (non-hydrogen) atoms. The number of carbonyl (C=O) groups is 1. The monoisotopic (exact) mass is 384 g/mol. The van der Waals surface area contributed by atoms with Crippen LogP contribution in [0.1, 0.15) is 36.6 Å². The van der Waals surface area contributed by atoms with Crippen molar-refractivity contribution in [2.75, 3.05) is 19.6 Å². The van der Waals surface area contributed by atoms with E-state index in [1.165, 1.54) is 11.6 Å². The molecule has 0 aliphatic heterocycles. The summed E-state index contributed by atoms with van der Waals surface area (Å²) < 4.78 is 13.8. The van der Waals surface area contributed by atoms with Gasteiger partial charge in [0.15, 0.2) is 5.96 Å². The topological polar surface area (TPSA) is 65.5 Å². The van der Waals surface area contributed by atoms with Crippen LogP contribution in [0.15, 0.2) is 53.5 Å². The molecular formula is C22H29FN4O. The molecule has 0 saturated heterocycles. The lowest BCUT2D eigenvalue weighted by Crippen LogP contribution is -2.40. The molecule has 6 heteroatoms. The van der Waals surface area contributed by atoms with Gasteiger partial charge < -0.3 is 16.0 Å². The number of nitrogens with one attached hydrogen (secondary N) is 3. The Labute approximate surface area is 166 Å². The third-order valence-electron chi connectivity index (χ3n) is 4.35. The third kappa shape index (κ3) is 7.02. The Kier molecular flexibility index (Phi) is 8.46. The maximum atomic E-state index is 13.8. The fraction of sp³-hybridized carbons (Fsp3) is 0.364. The van der Waals surface area contributed by atoms with E-state index in [-0.39, 0.29) is 24.3 Å². The maximum Gasteiger partial charge on any atom is 0.241 e. The molecule has 0 fully saturated rings. The molecule has 0 aliphatic rings. The number of aryl methyl sites for hydroxylation is 1. The van der Waals surface area contributed by atoms with E-state index in [4.69, 9.17) is 0 Å². The molecule has 1 unspecified atom stereocenters. The first-order valence-electron chi connectivity index (χ1n) is 9.61. The molecule has 0 radical (unpaired) electrons. The van der Waals surface area contributed by atoms with Gasteiger partial charge in [0.05, 0.1) is 6.04 Å². The minimum absolute atomic E-state index is 0.0269. The minimum atomic E-state index is -0.231. The van der Waals surface area contributed by atoms with Crippen molar-refractivity contribution in [3.05, 3.63) is 71.0 Å². The SMILES string of the molecule is CCNC(=NCC(=O)NCCc1ccccc1)NC(C)c1ccc(C)c(F)c1. The van der Waals surface area contributed by atoms with Crippen LogP contribution >= 0.6 is 0 Å². The van der Waals surface area contributed by atoms with Gasteiger partial charge in [0.25, 0.3) is 0 Å². The molecule has 0 heterocycles. The summed E-state index contributed by atoms with van der Waals surface area (Å²) in [5, 5.41) is 9.20. The Morgan fingerprint density at radius 2 is 1.89 bits per heavy atom. The highest BCUT2D eigenvalue weighted by molar-refractivity contribution is 5.85. The van der Waals surface area contributed by atoms with Crippen LogP contribution in [0.3, 0.4) is 0 Å². The smallest absolute Gasteiger partial charge is 0.241 e. The Morgan fingerprint density at radius 1 is 1.14 bits per heavy atom. The van der Waals surface area contributed by atoms with Crippen LogP contribution < -0.4 is 16.0 Å². The molecule has 1 atom stereocenters. The van der Waals surface area contributed by atoms with Gasteiger partial charge in [-0.15, -0.1) is 0 Å². The van der Waals surface area contributed by atoms with E-state index in [2.05, 4.69) is 20.9 Å². The average molecular weight is 384 g/mol. The molecule has 2 aromatic rings. The highest BCUT2D eigenvalue weighted by Gasteiger charge is 2.10. The molecule has 150 valence electrons. The van der Waals surface area contributed by atoms with Gasteiger partial charge >= 0.3 is 0 Å². The Bertz CT molecular complexity index is 792. The second-order valence-corrected chi connectivity index (χ2v) is 6.66. The van der Waals surface area contributed by atoms with Crippen LogP contribution in [-0.2, 0) is 11.2 Å². The second kappa shape index (κ2) is 11.1. The van der Waals surface area contributed by atoms with Crippen LogP contribution in [0.25, 0.3) is 0 Å². The van der Waals surface area contributed by atoms with Crippen molar-refractivity contribution in [1.29, 1.82) is 0 Å². The summed E-state index contributed by atoms with van der Waals surface area (Å²) in [6, 6.07) is 15.0. The largest absolute Gasteiger partial charge is 0.357 e. The van der Waals surface area contributed by atoms with Gasteiger partial charge in [-0.25, -0.2) is 9.38 Å². The number of halogens is 1. The van der Waals surface area contributed by atoms with Crippen molar-refractivity contribution in [2.45, 2.75) is 33.2 Å². The Balaban J connectivity index is 1.86. The van der Waals surface area contributed by atoms with Gasteiger partial charge in [0.1, 0.15) is 12.4 Å². The molecule has 2 aromatic carbocycles. The molecule has 0 bridgehead atoms. The van der Waals surface area contributed by atoms with E-state index in [9.17, 15) is 9.18 Å². The maximum absolute atomic E-state index is 13.8. The van der Waals surface area contributed by atoms with Gasteiger partial charge in [-0.1, -0.05) is 42.5 Å². The molecule has 1 amide bonds. The van der Waals surface area contributed by atoms with Crippen molar-refractivity contribution in [3.8, 4) is 0 Å². The molecule has 5 nitrogen and oxygen atoms in total. The lowest BCUT2D eigenvalue weighted by atomic mass is 10.1. The van der Waals surface area contributed by atoms with E-state index >= 15 is 0 Å². The van der Waals surface area contributed by atoms with Crippen molar-refractivity contribution in [3.63, 3.8) is 0 Å². The summed E-state index contributed by atoms with van der Waals surface area (Å²) in [5.41, 5.74) is 2.62. The normalized spacial score (nSPS) is 12.4. The Morgan fingerprint density at radius 3 is 2.57 bits per heavy atom. The number of nitrogens with zero attached hydrogens (tertiary/aromatic N) is 1. The fourth-order valence-corrected chi connectivity index (χ4v) is 2.68. The number of aliphatic imine (C=N–C) groups is 1. The number of amides is 1. The summed E-state index contributed by atoms with van der Waals surface area (Å²) in [6.07, 6.45) is 0.782. The predicted octanol–water partition coefficient (Wildman–Crippen LogP) is 3.11. The van der Waals surface area contributed by atoms with Gasteiger partial charge in [-0.2, -0.15) is 0 Å². The van der Waals surface area contributed by atoms with Gasteiger partial charge in [-0.05, 0) is 49.9 Å². The molecule has 0 saturated carbocycles. The van der Waals surface area contributed by atoms with E-state index in [0.717, 1.165) is 12.0 Å². The second-order valence-electron chi connectivity index (χ2n) is 6.66. The third-order valence-corrected chi connectivity index (χ3v) is 4.35. The molecule has 0 aromatic heterocycles. The summed E-state index contributed by atoms with van der Waals surface area (Å²) in [5.74, 6) is 0.155. The Hall–Kier alpha value is -2.89. The lowest BCUT2D eigenvalue weighted by molar-refractivity contribution is -0.119. The van der Waals surface area contributed by atoms with Crippen molar-refractivity contribution < 1.29 is 9.18 Å². The lowest BCUT2D eigenvalue weighted by Gasteiger charge is -2.18. The number of benzene rings is 2. The van der Waals surface area contributed by atoms with E-state index in [0.29, 0.717) is 24.6 Å². The van der Waals surface area contributed by atoms with Gasteiger partial charge in [0, 0.05) is 13.1 Å². The summed E-state index contributed by atoms with van der Waals surface area (Å²) in [6.45, 7) is 6.88. The van der Waals surface area contributed by atoms with Crippen LogP contribution in [0, 0.1) is 12.7 Å². The quantitative estimate of drug-likeness (QED) is 0.484. The summed E-state index contributed by atoms with van der Waals surface area (Å²) in [7, 11) is 0. The highest BCUT2D eigenvalue weighted by atomic mass is 19.1. The first-order chi connectivity index (χ1) is 13.5. The number of rotatable bonds is 8. The summed E-state index contributed by atoms with van der Waals surface area (Å²) in [4.78, 5) is 16.4. The van der Waals surface area contributed by atoms with E-state index < -0.39 is 0 Å². The molecule has 0 aliphatic carbocycles. The predicted molar refractivity (Wildman–Crippen MR) is 112 cm³/mol. The number of guanidine groups is 1. The first kappa shape index (κ1) is 21.4. The van der Waals surface area contributed by atoms with Crippen molar-refractivity contribution >= 4 is 11.9 Å². The standard InChI is InChI=1S/C22H29FN4O/c1-4-24-22(27-17(3)19-11-10-16(2)20(23)14-19)26-15-21(28)25-13-12-18-8-6-5-7-9-18/h5-11,14,17H,4,12-13,15H2,1-3H3,(H,25,28)(H2,24,26,27). The number of hydrogen-bond donors (Lipinski definition) is 3. The van der Waals surface area contributed by atoms with Gasteiger partial charge in [-0.3, -0.25) is 4.79 Å². The average Bonchev–Trinajstić information content (AvgIpc) is 2.69. The van der Waals surface area contributed by atoms with Crippen molar-refractivity contribution in [1.82, 2.24) is 16.0 Å². The minimum Gasteiger partial charge on any atom is -0.357 e. The fourth-order valence-electron chi connectivity index (χ4n) is 2.68. The van der Waals surface area contributed by atoms with Crippen LogP contribution in [0.4, 0.5) is 4.39 Å². The first-order valence-corrected chi connectivity index (χ1v) is 9.61. The molecular weight excluding hydrogens is 355 g/mol. The van der Waals surface area contributed by atoms with Crippen molar-refractivity contribution in [2.24, 2.45) is 4.99 Å². The highest BCUT2D eigenvalue weighted by Crippen LogP contribution is 2.16. The molecule has 3 N–H and O–H groups in total.